The molecule has 3 aromatic rings. The van der Waals surface area contributed by atoms with Crippen molar-refractivity contribution in [3.8, 4) is 5.69 Å². The molecule has 0 saturated heterocycles. The average molecular weight is 398 g/mol. The summed E-state index contributed by atoms with van der Waals surface area (Å²) in [4.78, 5) is 19.7. The first-order chi connectivity index (χ1) is 12.1. The number of rotatable bonds is 4. The third-order valence-electron chi connectivity index (χ3n) is 3.72. The molecule has 7 heteroatoms. The van der Waals surface area contributed by atoms with Crippen LogP contribution in [0.4, 0.5) is 0 Å². The van der Waals surface area contributed by atoms with Gasteiger partial charge in [0.25, 0.3) is 5.91 Å². The fourth-order valence-electron chi connectivity index (χ4n) is 2.54. The molecule has 126 valence electrons. The highest BCUT2D eigenvalue weighted by atomic mass is 79.9. The first-order valence-corrected chi connectivity index (χ1v) is 8.40. The lowest BCUT2D eigenvalue weighted by atomic mass is 10.2. The van der Waals surface area contributed by atoms with Crippen LogP contribution in [0.15, 0.2) is 58.5 Å². The SMILES string of the molecule is Cc1cc(/C=N/NC(=O)c2cnccn2)c(C)n1-c1ccc(Br)cc1. The van der Waals surface area contributed by atoms with Crippen molar-refractivity contribution in [3.05, 3.63) is 76.0 Å². The van der Waals surface area contributed by atoms with Crippen LogP contribution in [0.3, 0.4) is 0 Å². The summed E-state index contributed by atoms with van der Waals surface area (Å²) in [7, 11) is 0. The van der Waals surface area contributed by atoms with Crippen molar-refractivity contribution in [1.29, 1.82) is 0 Å². The van der Waals surface area contributed by atoms with Gasteiger partial charge in [-0.05, 0) is 44.2 Å². The Morgan fingerprint density at radius 3 is 2.68 bits per heavy atom. The van der Waals surface area contributed by atoms with Gasteiger partial charge < -0.3 is 4.57 Å². The molecule has 0 fully saturated rings. The lowest BCUT2D eigenvalue weighted by Gasteiger charge is -2.09. The number of amides is 1. The number of hydrazone groups is 1. The highest BCUT2D eigenvalue weighted by Crippen LogP contribution is 2.21. The van der Waals surface area contributed by atoms with Gasteiger partial charge in [0.15, 0.2) is 0 Å². The smallest absolute Gasteiger partial charge is 0.291 e. The molecule has 2 heterocycles. The molecule has 0 aliphatic carbocycles. The lowest BCUT2D eigenvalue weighted by Crippen LogP contribution is -2.19. The first kappa shape index (κ1) is 17.0. The molecule has 0 bridgehead atoms. The quantitative estimate of drug-likeness (QED) is 0.541. The Morgan fingerprint density at radius 1 is 1.24 bits per heavy atom. The predicted octanol–water partition coefficient (Wildman–Crippen LogP) is 3.41. The number of halogens is 1. The van der Waals surface area contributed by atoms with Crippen molar-refractivity contribution in [2.75, 3.05) is 0 Å². The summed E-state index contributed by atoms with van der Waals surface area (Å²) in [5.41, 5.74) is 6.81. The van der Waals surface area contributed by atoms with Gasteiger partial charge in [0.1, 0.15) is 5.69 Å². The number of hydrogen-bond acceptors (Lipinski definition) is 4. The number of nitrogens with one attached hydrogen (secondary N) is 1. The zero-order valence-corrected chi connectivity index (χ0v) is 15.4. The van der Waals surface area contributed by atoms with Crippen molar-refractivity contribution >= 4 is 28.1 Å². The van der Waals surface area contributed by atoms with Crippen molar-refractivity contribution in [2.45, 2.75) is 13.8 Å². The number of nitrogens with zero attached hydrogens (tertiary/aromatic N) is 4. The molecule has 3 rings (SSSR count). The fourth-order valence-corrected chi connectivity index (χ4v) is 2.80. The zero-order valence-electron chi connectivity index (χ0n) is 13.8. The monoisotopic (exact) mass is 397 g/mol. The number of aromatic nitrogens is 3. The van der Waals surface area contributed by atoms with E-state index >= 15 is 0 Å². The summed E-state index contributed by atoms with van der Waals surface area (Å²) in [6.07, 6.45) is 6.00. The Balaban J connectivity index is 1.79. The van der Waals surface area contributed by atoms with Crippen LogP contribution < -0.4 is 5.43 Å². The summed E-state index contributed by atoms with van der Waals surface area (Å²) >= 11 is 3.45. The highest BCUT2D eigenvalue weighted by molar-refractivity contribution is 9.10. The topological polar surface area (TPSA) is 72.2 Å². The zero-order chi connectivity index (χ0) is 17.8. The highest BCUT2D eigenvalue weighted by Gasteiger charge is 2.10. The molecule has 1 amide bonds. The van der Waals surface area contributed by atoms with E-state index in [-0.39, 0.29) is 5.69 Å². The van der Waals surface area contributed by atoms with Crippen LogP contribution in [0.1, 0.15) is 27.4 Å². The van der Waals surface area contributed by atoms with E-state index < -0.39 is 5.91 Å². The Kier molecular flexibility index (Phi) is 5.04. The van der Waals surface area contributed by atoms with Crippen LogP contribution in [0.5, 0.6) is 0 Å². The largest absolute Gasteiger partial charge is 0.318 e. The van der Waals surface area contributed by atoms with Crippen molar-refractivity contribution in [2.24, 2.45) is 5.10 Å². The van der Waals surface area contributed by atoms with Gasteiger partial charge in [-0.3, -0.25) is 9.78 Å². The van der Waals surface area contributed by atoms with Crippen LogP contribution >= 0.6 is 15.9 Å². The summed E-state index contributed by atoms with van der Waals surface area (Å²) in [6, 6.07) is 10.1. The molecule has 1 N–H and O–H groups in total. The third-order valence-corrected chi connectivity index (χ3v) is 4.25. The summed E-state index contributed by atoms with van der Waals surface area (Å²) in [5, 5.41) is 4.03. The Labute approximate surface area is 153 Å². The van der Waals surface area contributed by atoms with Crippen LogP contribution in [-0.2, 0) is 0 Å². The average Bonchev–Trinajstić information content (AvgIpc) is 2.90. The molecular formula is C18H16BrN5O. The fraction of sp³-hybridized carbons (Fsp3) is 0.111. The second-order valence-corrected chi connectivity index (χ2v) is 6.34. The minimum atomic E-state index is -0.397. The maximum Gasteiger partial charge on any atom is 0.291 e. The molecule has 6 nitrogen and oxygen atoms in total. The number of carbonyl (C=O) groups excluding carboxylic acids is 1. The second-order valence-electron chi connectivity index (χ2n) is 5.43. The molecule has 0 spiro atoms. The van der Waals surface area contributed by atoms with Crippen molar-refractivity contribution in [1.82, 2.24) is 20.0 Å². The Hall–Kier alpha value is -2.80. The van der Waals surface area contributed by atoms with Gasteiger partial charge in [0.2, 0.25) is 0 Å². The van der Waals surface area contributed by atoms with Gasteiger partial charge in [-0.15, -0.1) is 0 Å². The van der Waals surface area contributed by atoms with Crippen LogP contribution in [-0.4, -0.2) is 26.7 Å². The summed E-state index contributed by atoms with van der Waals surface area (Å²) < 4.78 is 3.17. The van der Waals surface area contributed by atoms with Gasteiger partial charge in [-0.2, -0.15) is 5.10 Å². The lowest BCUT2D eigenvalue weighted by molar-refractivity contribution is 0.0949. The van der Waals surface area contributed by atoms with E-state index in [0.29, 0.717) is 0 Å². The maximum absolute atomic E-state index is 11.9. The summed E-state index contributed by atoms with van der Waals surface area (Å²) in [5.74, 6) is -0.397. The number of hydrogen-bond donors (Lipinski definition) is 1. The predicted molar refractivity (Wildman–Crippen MR) is 100 cm³/mol. The van der Waals surface area contributed by atoms with Crippen LogP contribution in [0.25, 0.3) is 5.69 Å². The van der Waals surface area contributed by atoms with E-state index in [1.165, 1.54) is 18.6 Å². The number of carbonyl (C=O) groups is 1. The van der Waals surface area contributed by atoms with E-state index in [4.69, 9.17) is 0 Å². The molecule has 0 unspecified atom stereocenters. The third kappa shape index (κ3) is 3.83. The molecule has 0 aliphatic heterocycles. The Bertz CT molecular complexity index is 917. The van der Waals surface area contributed by atoms with E-state index in [1.54, 1.807) is 6.21 Å². The minimum absolute atomic E-state index is 0.222. The summed E-state index contributed by atoms with van der Waals surface area (Å²) in [6.45, 7) is 4.05. The van der Waals surface area contributed by atoms with E-state index in [2.05, 4.69) is 41.0 Å². The maximum atomic E-state index is 11.9. The van der Waals surface area contributed by atoms with Crippen molar-refractivity contribution < 1.29 is 4.79 Å². The van der Waals surface area contributed by atoms with Gasteiger partial charge in [-0.25, -0.2) is 10.4 Å². The molecule has 1 aromatic carbocycles. The van der Waals surface area contributed by atoms with Crippen molar-refractivity contribution in [3.63, 3.8) is 0 Å². The Morgan fingerprint density at radius 2 is 2.00 bits per heavy atom. The molecular weight excluding hydrogens is 382 g/mol. The standard InChI is InChI=1S/C18H16BrN5O/c1-12-9-14(10-22-23-18(25)17-11-20-7-8-21-17)13(2)24(12)16-5-3-15(19)4-6-16/h3-11H,1-2H3,(H,23,25)/b22-10+. The number of benzene rings is 1. The molecule has 0 saturated carbocycles. The van der Waals surface area contributed by atoms with Gasteiger partial charge in [-0.1, -0.05) is 15.9 Å². The molecule has 25 heavy (non-hydrogen) atoms. The molecule has 0 atom stereocenters. The van der Waals surface area contributed by atoms with Gasteiger partial charge >= 0.3 is 0 Å². The van der Waals surface area contributed by atoms with E-state index in [0.717, 1.165) is 27.1 Å². The van der Waals surface area contributed by atoms with Gasteiger partial charge in [0, 0.05) is 39.5 Å². The first-order valence-electron chi connectivity index (χ1n) is 7.60. The van der Waals surface area contributed by atoms with Crippen LogP contribution in [0.2, 0.25) is 0 Å². The van der Waals surface area contributed by atoms with Gasteiger partial charge in [0.05, 0.1) is 12.4 Å². The molecule has 2 aromatic heterocycles. The molecule has 0 aliphatic rings. The molecule has 0 radical (unpaired) electrons. The van der Waals surface area contributed by atoms with E-state index in [9.17, 15) is 4.79 Å². The minimum Gasteiger partial charge on any atom is -0.318 e. The number of aryl methyl sites for hydroxylation is 1. The van der Waals surface area contributed by atoms with Crippen LogP contribution in [0, 0.1) is 13.8 Å². The normalized spacial score (nSPS) is 11.0. The van der Waals surface area contributed by atoms with E-state index in [1.807, 2.05) is 44.2 Å². The second kappa shape index (κ2) is 7.40.